The van der Waals surface area contributed by atoms with Gasteiger partial charge in [-0.3, -0.25) is 14.4 Å². The predicted octanol–water partition coefficient (Wildman–Crippen LogP) is 2.88. The molecule has 0 spiro atoms. The van der Waals surface area contributed by atoms with Crippen LogP contribution in [0.25, 0.3) is 0 Å². The molecule has 0 radical (unpaired) electrons. The molecular formula is C28H32ClN3O7. The molecule has 2 N–H and O–H groups in total. The lowest BCUT2D eigenvalue weighted by molar-refractivity contribution is -0.145. The summed E-state index contributed by atoms with van der Waals surface area (Å²) in [5.41, 5.74) is 1.08. The molecule has 1 heterocycles. The van der Waals surface area contributed by atoms with E-state index in [-0.39, 0.29) is 43.2 Å². The molecule has 0 aromatic heterocycles. The maximum atomic E-state index is 13.2. The van der Waals surface area contributed by atoms with E-state index < -0.39 is 29.9 Å². The Kier molecular flexibility index (Phi) is 10.7. The van der Waals surface area contributed by atoms with Gasteiger partial charge in [-0.1, -0.05) is 29.8 Å². The number of hydrogen-bond donors (Lipinski definition) is 2. The quantitative estimate of drug-likeness (QED) is 0.437. The van der Waals surface area contributed by atoms with Crippen LogP contribution >= 0.6 is 11.6 Å². The zero-order valence-electron chi connectivity index (χ0n) is 22.1. The molecule has 39 heavy (non-hydrogen) atoms. The highest BCUT2D eigenvalue weighted by atomic mass is 35.5. The summed E-state index contributed by atoms with van der Waals surface area (Å²) in [7, 11) is 2.78. The van der Waals surface area contributed by atoms with Crippen LogP contribution < -0.4 is 20.1 Å². The Labute approximate surface area is 232 Å². The average Bonchev–Trinajstić information content (AvgIpc) is 2.93. The van der Waals surface area contributed by atoms with Gasteiger partial charge in [-0.2, -0.15) is 0 Å². The summed E-state index contributed by atoms with van der Waals surface area (Å²) in [6, 6.07) is 9.84. The van der Waals surface area contributed by atoms with Crippen molar-refractivity contribution in [3.05, 3.63) is 70.8 Å². The third kappa shape index (κ3) is 8.47. The van der Waals surface area contributed by atoms with Crippen molar-refractivity contribution in [3.8, 4) is 11.5 Å². The number of nitrogens with one attached hydrogen (secondary N) is 2. The second-order valence-corrected chi connectivity index (χ2v) is 9.30. The van der Waals surface area contributed by atoms with Crippen molar-refractivity contribution in [1.82, 2.24) is 15.5 Å². The number of hydrogen-bond acceptors (Lipinski definition) is 7. The van der Waals surface area contributed by atoms with Gasteiger partial charge in [0.15, 0.2) is 0 Å². The first-order chi connectivity index (χ1) is 18.7. The molecule has 10 nitrogen and oxygen atoms in total. The van der Waals surface area contributed by atoms with Crippen LogP contribution in [0.3, 0.4) is 0 Å². The molecule has 2 atom stereocenters. The molecule has 2 aromatic carbocycles. The Bertz CT molecular complexity index is 1220. The molecule has 208 valence electrons. The Morgan fingerprint density at radius 3 is 2.51 bits per heavy atom. The predicted molar refractivity (Wildman–Crippen MR) is 145 cm³/mol. The lowest BCUT2D eigenvalue weighted by Crippen LogP contribution is -2.51. The smallest absolute Gasteiger partial charge is 0.328 e. The number of methoxy groups -OCH3 is 2. The van der Waals surface area contributed by atoms with Gasteiger partial charge in [-0.15, -0.1) is 0 Å². The Hall–Kier alpha value is -4.05. The molecule has 1 aliphatic heterocycles. The lowest BCUT2D eigenvalue weighted by atomic mass is 10.1. The van der Waals surface area contributed by atoms with Gasteiger partial charge in [-0.25, -0.2) is 4.79 Å². The van der Waals surface area contributed by atoms with E-state index in [0.29, 0.717) is 17.3 Å². The summed E-state index contributed by atoms with van der Waals surface area (Å²) >= 11 is 6.11. The second kappa shape index (κ2) is 14.2. The van der Waals surface area contributed by atoms with E-state index in [1.807, 2.05) is 24.3 Å². The van der Waals surface area contributed by atoms with Gasteiger partial charge < -0.3 is 29.7 Å². The molecular weight excluding hydrogens is 526 g/mol. The Morgan fingerprint density at radius 2 is 1.82 bits per heavy atom. The number of fused-ring (bicyclic) bond motifs is 1. The number of amides is 3. The summed E-state index contributed by atoms with van der Waals surface area (Å²) in [5, 5.41) is 5.56. The number of rotatable bonds is 4. The van der Waals surface area contributed by atoms with Crippen LogP contribution in [0.4, 0.5) is 0 Å². The fourth-order valence-electron chi connectivity index (χ4n) is 3.87. The van der Waals surface area contributed by atoms with Crippen molar-refractivity contribution in [1.29, 1.82) is 0 Å². The van der Waals surface area contributed by atoms with Crippen LogP contribution in [0.5, 0.6) is 11.5 Å². The zero-order chi connectivity index (χ0) is 28.4. The number of esters is 1. The Morgan fingerprint density at radius 1 is 1.08 bits per heavy atom. The van der Waals surface area contributed by atoms with Crippen LogP contribution in [0.15, 0.2) is 54.6 Å². The summed E-state index contributed by atoms with van der Waals surface area (Å²) < 4.78 is 15.8. The van der Waals surface area contributed by atoms with E-state index >= 15 is 0 Å². The average molecular weight is 558 g/mol. The van der Waals surface area contributed by atoms with Crippen molar-refractivity contribution >= 4 is 35.3 Å². The van der Waals surface area contributed by atoms with Crippen molar-refractivity contribution in [3.63, 3.8) is 0 Å². The highest BCUT2D eigenvalue weighted by Gasteiger charge is 2.27. The Balaban J connectivity index is 1.88. The fraction of sp³-hybridized carbons (Fsp3) is 0.357. The molecule has 0 saturated heterocycles. The summed E-state index contributed by atoms with van der Waals surface area (Å²) in [5.74, 6) is -1.13. The van der Waals surface area contributed by atoms with Gasteiger partial charge in [-0.05, 0) is 55.3 Å². The van der Waals surface area contributed by atoms with Crippen LogP contribution in [-0.4, -0.2) is 68.0 Å². The van der Waals surface area contributed by atoms with E-state index in [9.17, 15) is 19.2 Å². The van der Waals surface area contributed by atoms with Gasteiger partial charge in [0.05, 0.1) is 19.8 Å². The van der Waals surface area contributed by atoms with Crippen LogP contribution in [-0.2, 0) is 25.7 Å². The first-order valence-electron chi connectivity index (χ1n) is 12.4. The molecule has 11 heteroatoms. The highest BCUT2D eigenvalue weighted by molar-refractivity contribution is 6.30. The standard InChI is InChI=1S/C28H32ClN3O7/c1-18-26(34)31-23(28(36)38-3)12-13-25(33)32(17-19-6-9-21(37-2)10-7-19)14-4-5-15-39-24-16-20(29)8-11-22(24)27(35)30-18/h4-11,16,18,23H,12-15,17H2,1-3H3,(H,30,35)(H,31,34)/b5-4+/t18-,23+/m1/s1. The second-order valence-electron chi connectivity index (χ2n) is 8.86. The maximum absolute atomic E-state index is 13.2. The molecule has 0 bridgehead atoms. The minimum Gasteiger partial charge on any atom is -0.497 e. The normalized spacial score (nSPS) is 20.0. The monoisotopic (exact) mass is 557 g/mol. The SMILES string of the molecule is COC(=O)[C@@H]1CCC(=O)N(Cc2ccc(OC)cc2)C/C=C/COc2cc(Cl)ccc2C(=O)N[C@H](C)C(=O)N1. The summed E-state index contributed by atoms with van der Waals surface area (Å²) in [4.78, 5) is 53.0. The maximum Gasteiger partial charge on any atom is 0.328 e. The number of ether oxygens (including phenoxy) is 3. The molecule has 3 rings (SSSR count). The molecule has 2 aromatic rings. The first kappa shape index (κ1) is 29.5. The van der Waals surface area contributed by atoms with Gasteiger partial charge in [0.25, 0.3) is 5.91 Å². The van der Waals surface area contributed by atoms with Crippen LogP contribution in [0.2, 0.25) is 5.02 Å². The van der Waals surface area contributed by atoms with Crippen LogP contribution in [0.1, 0.15) is 35.7 Å². The summed E-state index contributed by atoms with van der Waals surface area (Å²) in [6.07, 6.45) is 3.52. The molecule has 0 unspecified atom stereocenters. The topological polar surface area (TPSA) is 123 Å². The van der Waals surface area contributed by atoms with Gasteiger partial charge in [0, 0.05) is 24.5 Å². The number of carbonyl (C=O) groups is 4. The van der Waals surface area contributed by atoms with Crippen molar-refractivity contribution in [2.75, 3.05) is 27.4 Å². The zero-order valence-corrected chi connectivity index (χ0v) is 22.8. The minimum atomic E-state index is -1.07. The number of carbonyl (C=O) groups excluding carboxylic acids is 4. The number of nitrogens with zero attached hydrogens (tertiary/aromatic N) is 1. The minimum absolute atomic E-state index is 0.0190. The fourth-order valence-corrected chi connectivity index (χ4v) is 4.03. The van der Waals surface area contributed by atoms with Crippen molar-refractivity contribution in [2.45, 2.75) is 38.4 Å². The molecule has 0 fully saturated rings. The van der Waals surface area contributed by atoms with E-state index in [0.717, 1.165) is 5.56 Å². The van der Waals surface area contributed by atoms with Crippen LogP contribution in [0, 0.1) is 0 Å². The van der Waals surface area contributed by atoms with Gasteiger partial charge >= 0.3 is 5.97 Å². The van der Waals surface area contributed by atoms with E-state index in [2.05, 4.69) is 10.6 Å². The molecule has 3 amide bonds. The van der Waals surface area contributed by atoms with E-state index in [1.165, 1.54) is 26.2 Å². The molecule has 0 aliphatic carbocycles. The van der Waals surface area contributed by atoms with Gasteiger partial charge in [0.2, 0.25) is 11.8 Å². The summed E-state index contributed by atoms with van der Waals surface area (Å²) in [6.45, 7) is 2.18. The third-order valence-electron chi connectivity index (χ3n) is 6.09. The molecule has 0 saturated carbocycles. The van der Waals surface area contributed by atoms with E-state index in [1.54, 1.807) is 30.2 Å². The highest BCUT2D eigenvalue weighted by Crippen LogP contribution is 2.24. The number of halogens is 1. The third-order valence-corrected chi connectivity index (χ3v) is 6.33. The largest absolute Gasteiger partial charge is 0.497 e. The number of benzene rings is 2. The van der Waals surface area contributed by atoms with Crippen molar-refractivity contribution in [2.24, 2.45) is 0 Å². The lowest BCUT2D eigenvalue weighted by Gasteiger charge is -2.24. The van der Waals surface area contributed by atoms with Gasteiger partial charge in [0.1, 0.15) is 30.2 Å². The van der Waals surface area contributed by atoms with E-state index in [4.69, 9.17) is 25.8 Å². The first-order valence-corrected chi connectivity index (χ1v) is 12.8. The molecule has 1 aliphatic rings. The van der Waals surface area contributed by atoms with Crippen molar-refractivity contribution < 1.29 is 33.4 Å².